The molecule has 6 heteroatoms. The van der Waals surface area contributed by atoms with Crippen molar-refractivity contribution in [2.24, 2.45) is 0 Å². The molecule has 0 atom stereocenters. The summed E-state index contributed by atoms with van der Waals surface area (Å²) in [7, 11) is 0. The summed E-state index contributed by atoms with van der Waals surface area (Å²) in [5.41, 5.74) is 0. The van der Waals surface area contributed by atoms with Crippen molar-refractivity contribution in [1.82, 2.24) is 0 Å². The third-order valence-corrected chi connectivity index (χ3v) is 5.53. The van der Waals surface area contributed by atoms with Gasteiger partial charge in [0.25, 0.3) is 0 Å². The molecule has 0 unspecified atom stereocenters. The van der Waals surface area contributed by atoms with Crippen LogP contribution < -0.4 is 10.2 Å². The lowest BCUT2D eigenvalue weighted by atomic mass is 10.3. The number of nitrogens with zero attached hydrogens (tertiary/aromatic N) is 2. The Labute approximate surface area is 149 Å². The number of carboxylic acids is 2. The van der Waals surface area contributed by atoms with Gasteiger partial charge in [-0.1, -0.05) is 0 Å². The average molecular weight is 349 g/mol. The fourth-order valence-corrected chi connectivity index (χ4v) is 2.68. The number of hydrogen-bond acceptors (Lipinski definition) is 4. The van der Waals surface area contributed by atoms with E-state index in [-0.39, 0.29) is 0 Å². The molecule has 0 aliphatic carbocycles. The molecule has 0 aromatic heterocycles. The highest BCUT2D eigenvalue weighted by molar-refractivity contribution is 6.25. The lowest BCUT2D eigenvalue weighted by Crippen LogP contribution is -2.47. The van der Waals surface area contributed by atoms with Crippen molar-refractivity contribution in [1.29, 1.82) is 0 Å². The quantitative estimate of drug-likeness (QED) is 0.465. The minimum Gasteiger partial charge on any atom is -0.543 e. The zero-order valence-electron chi connectivity index (χ0n) is 17.2. The molecule has 0 bridgehead atoms. The lowest BCUT2D eigenvalue weighted by Gasteiger charge is -2.34. The third kappa shape index (κ3) is 11.4. The second kappa shape index (κ2) is 15.4. The van der Waals surface area contributed by atoms with Gasteiger partial charge >= 0.3 is 0 Å². The van der Waals surface area contributed by atoms with Gasteiger partial charge in [0.2, 0.25) is 0 Å². The summed E-state index contributed by atoms with van der Waals surface area (Å²) in [6.45, 7) is 28.4. The number of carbonyl (C=O) groups excluding carboxylic acids is 2. The number of carboxylic acid groups (broad SMARTS) is 2. The molecule has 146 valence electrons. The molecule has 0 fully saturated rings. The van der Waals surface area contributed by atoms with Crippen molar-refractivity contribution in [2.45, 2.75) is 55.4 Å². The van der Waals surface area contributed by atoms with E-state index in [1.165, 1.54) is 61.3 Å². The van der Waals surface area contributed by atoms with Gasteiger partial charge in [-0.3, -0.25) is 0 Å². The molecule has 0 heterocycles. The van der Waals surface area contributed by atoms with Crippen molar-refractivity contribution in [3.8, 4) is 0 Å². The van der Waals surface area contributed by atoms with E-state index in [0.717, 1.165) is 0 Å². The molecular formula is C18H40N2O4. The van der Waals surface area contributed by atoms with E-state index < -0.39 is 11.9 Å². The van der Waals surface area contributed by atoms with Crippen LogP contribution in [0.5, 0.6) is 0 Å². The first-order chi connectivity index (χ1) is 11.1. The largest absolute Gasteiger partial charge is 0.543 e. The molecule has 6 nitrogen and oxygen atoms in total. The molecular weight excluding hydrogens is 308 g/mol. The first-order valence-corrected chi connectivity index (χ1v) is 9.25. The van der Waals surface area contributed by atoms with Gasteiger partial charge in [-0.25, -0.2) is 0 Å². The van der Waals surface area contributed by atoms with Crippen LogP contribution in [0.2, 0.25) is 0 Å². The Morgan fingerprint density at radius 3 is 0.625 bits per heavy atom. The Bertz CT molecular complexity index is 258. The van der Waals surface area contributed by atoms with E-state index in [4.69, 9.17) is 19.8 Å². The topological polar surface area (TPSA) is 80.3 Å². The SMILES string of the molecule is CC[N+](CC)(CC)CC.CC[N+](CC)(CC)CC.O=C([O-])C(=O)[O-]. The minimum absolute atomic E-state index is 1.28. The van der Waals surface area contributed by atoms with Crippen molar-refractivity contribution >= 4 is 11.9 Å². The van der Waals surface area contributed by atoms with Crippen LogP contribution in [0.1, 0.15) is 55.4 Å². The second-order valence-corrected chi connectivity index (χ2v) is 5.79. The summed E-state index contributed by atoms with van der Waals surface area (Å²) in [4.78, 5) is 17.9. The van der Waals surface area contributed by atoms with Crippen LogP contribution >= 0.6 is 0 Å². The number of hydrogen-bond donors (Lipinski definition) is 0. The van der Waals surface area contributed by atoms with Gasteiger partial charge in [-0.2, -0.15) is 0 Å². The lowest BCUT2D eigenvalue weighted by molar-refractivity contribution is -0.921. The highest BCUT2D eigenvalue weighted by Gasteiger charge is 2.16. The highest BCUT2D eigenvalue weighted by Crippen LogP contribution is 2.03. The Hall–Kier alpha value is -1.14. The summed E-state index contributed by atoms with van der Waals surface area (Å²) < 4.78 is 2.56. The molecule has 0 radical (unpaired) electrons. The zero-order valence-corrected chi connectivity index (χ0v) is 17.2. The van der Waals surface area contributed by atoms with Crippen LogP contribution in [0.25, 0.3) is 0 Å². The summed E-state index contributed by atoms with van der Waals surface area (Å²) in [6, 6.07) is 0. The van der Waals surface area contributed by atoms with Crippen LogP contribution in [0.4, 0.5) is 0 Å². The molecule has 0 aliphatic rings. The summed E-state index contributed by atoms with van der Waals surface area (Å²) >= 11 is 0. The Kier molecular flexibility index (Phi) is 17.8. The van der Waals surface area contributed by atoms with Gasteiger partial charge in [0, 0.05) is 0 Å². The number of quaternary nitrogens is 2. The van der Waals surface area contributed by atoms with Crippen molar-refractivity contribution in [3.63, 3.8) is 0 Å². The van der Waals surface area contributed by atoms with Gasteiger partial charge < -0.3 is 28.8 Å². The van der Waals surface area contributed by atoms with E-state index in [9.17, 15) is 0 Å². The Balaban J connectivity index is -0.000000282. The van der Waals surface area contributed by atoms with Crippen LogP contribution in [0.15, 0.2) is 0 Å². The first kappa shape index (κ1) is 27.7. The molecule has 0 saturated carbocycles. The number of rotatable bonds is 8. The Morgan fingerprint density at radius 2 is 0.625 bits per heavy atom. The van der Waals surface area contributed by atoms with Crippen molar-refractivity contribution in [3.05, 3.63) is 0 Å². The number of carbonyl (C=O) groups is 2. The molecule has 0 saturated heterocycles. The maximum absolute atomic E-state index is 8.93. The third-order valence-electron chi connectivity index (χ3n) is 5.53. The molecule has 0 spiro atoms. The van der Waals surface area contributed by atoms with Gasteiger partial charge in [0.15, 0.2) is 0 Å². The minimum atomic E-state index is -2.19. The summed E-state index contributed by atoms with van der Waals surface area (Å²) in [5, 5.41) is 17.9. The molecule has 0 amide bonds. The molecule has 0 N–H and O–H groups in total. The molecule has 0 rings (SSSR count). The van der Waals surface area contributed by atoms with Crippen molar-refractivity contribution < 1.29 is 28.8 Å². The van der Waals surface area contributed by atoms with Gasteiger partial charge in [0.05, 0.1) is 64.3 Å². The molecule has 0 aromatic carbocycles. The van der Waals surface area contributed by atoms with Gasteiger partial charge in [-0.15, -0.1) is 0 Å². The van der Waals surface area contributed by atoms with Crippen LogP contribution in [0, 0.1) is 0 Å². The fourth-order valence-electron chi connectivity index (χ4n) is 2.68. The van der Waals surface area contributed by atoms with E-state index >= 15 is 0 Å². The van der Waals surface area contributed by atoms with E-state index in [0.29, 0.717) is 0 Å². The van der Waals surface area contributed by atoms with Gasteiger partial charge in [0.1, 0.15) is 0 Å². The Morgan fingerprint density at radius 1 is 0.500 bits per heavy atom. The fraction of sp³-hybridized carbons (Fsp3) is 0.889. The van der Waals surface area contributed by atoms with E-state index in [1.54, 1.807) is 0 Å². The maximum atomic E-state index is 8.93. The highest BCUT2D eigenvalue weighted by atomic mass is 16.4. The monoisotopic (exact) mass is 348 g/mol. The van der Waals surface area contributed by atoms with Crippen LogP contribution in [-0.2, 0) is 9.59 Å². The van der Waals surface area contributed by atoms with Crippen LogP contribution in [0.3, 0.4) is 0 Å². The average Bonchev–Trinajstić information content (AvgIpc) is 2.61. The van der Waals surface area contributed by atoms with Gasteiger partial charge in [-0.05, 0) is 55.4 Å². The van der Waals surface area contributed by atoms with E-state index in [2.05, 4.69) is 55.4 Å². The summed E-state index contributed by atoms with van der Waals surface area (Å²) in [5.74, 6) is -4.37. The second-order valence-electron chi connectivity index (χ2n) is 5.79. The molecule has 0 aliphatic heterocycles. The van der Waals surface area contributed by atoms with Crippen molar-refractivity contribution in [2.75, 3.05) is 52.4 Å². The zero-order chi connectivity index (χ0) is 19.8. The normalized spacial score (nSPS) is 10.8. The first-order valence-electron chi connectivity index (χ1n) is 9.25. The van der Waals surface area contributed by atoms with Crippen LogP contribution in [-0.4, -0.2) is 73.3 Å². The predicted molar refractivity (Wildman–Crippen MR) is 94.9 cm³/mol. The number of aliphatic carboxylic acids is 2. The van der Waals surface area contributed by atoms with E-state index in [1.807, 2.05) is 0 Å². The molecule has 24 heavy (non-hydrogen) atoms. The summed E-state index contributed by atoms with van der Waals surface area (Å²) in [6.07, 6.45) is 0. The maximum Gasteiger partial charge on any atom is 0.0870 e. The predicted octanol–water partition coefficient (Wildman–Crippen LogP) is 0.252. The molecule has 0 aromatic rings. The smallest absolute Gasteiger partial charge is 0.0870 e. The standard InChI is InChI=1S/2C8H20N.C2H2O4/c2*1-5-9(6-2,7-3)8-4;3-1(4)2(5)6/h2*5-8H2,1-4H3;(H,3,4)(H,5,6)/q2*+1;/p-2.